The minimum atomic E-state index is -5.09. The predicted octanol–water partition coefficient (Wildman–Crippen LogP) is 4.33. The number of halogens is 7. The number of aromatic nitrogens is 1. The monoisotopic (exact) mass is 325 g/mol. The quantitative estimate of drug-likeness (QED) is 0.755. The number of nitrogens with zero attached hydrogens (tertiary/aromatic N) is 1. The van der Waals surface area contributed by atoms with Gasteiger partial charge in [0, 0.05) is 0 Å². The molecule has 0 radical (unpaired) electrons. The van der Waals surface area contributed by atoms with E-state index < -0.39 is 24.2 Å². The smallest absolute Gasteiger partial charge is 0.387 e. The van der Waals surface area contributed by atoms with Crippen molar-refractivity contribution in [2.45, 2.75) is 12.8 Å². The van der Waals surface area contributed by atoms with Crippen LogP contribution in [0, 0.1) is 0 Å². The highest BCUT2D eigenvalue weighted by Gasteiger charge is 2.35. The van der Waals surface area contributed by atoms with Gasteiger partial charge in [-0.25, -0.2) is 13.8 Å². The maximum absolute atomic E-state index is 12.5. The minimum Gasteiger partial charge on any atom is -0.387 e. The van der Waals surface area contributed by atoms with E-state index in [0.717, 1.165) is 6.20 Å². The van der Waals surface area contributed by atoms with Gasteiger partial charge in [-0.15, -0.1) is 13.2 Å². The van der Waals surface area contributed by atoms with Gasteiger partial charge >= 0.3 is 6.36 Å². The van der Waals surface area contributed by atoms with Crippen LogP contribution in [0.25, 0.3) is 0 Å². The molecule has 0 unspecified atom stereocenters. The molecule has 0 aromatic carbocycles. The van der Waals surface area contributed by atoms with Crippen molar-refractivity contribution < 1.29 is 26.7 Å². The van der Waals surface area contributed by atoms with Gasteiger partial charge in [-0.1, -0.05) is 11.6 Å². The van der Waals surface area contributed by atoms with E-state index in [-0.39, 0.29) is 9.50 Å². The van der Waals surface area contributed by atoms with E-state index >= 15 is 0 Å². The molecule has 0 spiro atoms. The van der Waals surface area contributed by atoms with Crippen molar-refractivity contribution in [2.75, 3.05) is 0 Å². The number of hydrogen-bond acceptors (Lipinski definition) is 2. The molecule has 16 heavy (non-hydrogen) atoms. The molecule has 0 fully saturated rings. The molecule has 1 aromatic rings. The molecule has 0 saturated heterocycles. The highest BCUT2D eigenvalue weighted by molar-refractivity contribution is 9.10. The Balaban J connectivity index is 3.24. The van der Waals surface area contributed by atoms with Crippen molar-refractivity contribution in [2.24, 2.45) is 0 Å². The van der Waals surface area contributed by atoms with Crippen molar-refractivity contribution >= 4 is 27.5 Å². The Kier molecular flexibility index (Phi) is 3.95. The van der Waals surface area contributed by atoms with Crippen LogP contribution in [0.1, 0.15) is 12.0 Å². The molecule has 0 aliphatic rings. The lowest BCUT2D eigenvalue weighted by molar-refractivity contribution is -0.276. The second-order valence-electron chi connectivity index (χ2n) is 2.49. The van der Waals surface area contributed by atoms with Crippen LogP contribution < -0.4 is 4.74 Å². The summed E-state index contributed by atoms with van der Waals surface area (Å²) < 4.78 is 63.5. The number of hydrogen-bond donors (Lipinski definition) is 0. The first-order chi connectivity index (χ1) is 7.22. The second-order valence-corrected chi connectivity index (χ2v) is 3.69. The Bertz CT molecular complexity index is 397. The molecular weight excluding hydrogens is 324 g/mol. The molecule has 0 atom stereocenters. The topological polar surface area (TPSA) is 22.1 Å². The number of alkyl halides is 5. The average molecular weight is 326 g/mol. The number of ether oxygens (including phenoxy) is 1. The van der Waals surface area contributed by atoms with Gasteiger partial charge in [0.2, 0.25) is 5.88 Å². The van der Waals surface area contributed by atoms with E-state index in [4.69, 9.17) is 11.6 Å². The molecular formula is C7H2BrClF5NO. The zero-order valence-corrected chi connectivity index (χ0v) is 9.50. The van der Waals surface area contributed by atoms with Crippen LogP contribution in [-0.2, 0) is 0 Å². The average Bonchev–Trinajstić information content (AvgIpc) is 2.08. The Labute approximate surface area is 99.5 Å². The fourth-order valence-corrected chi connectivity index (χ4v) is 1.44. The van der Waals surface area contributed by atoms with Crippen LogP contribution in [-0.4, -0.2) is 11.3 Å². The van der Waals surface area contributed by atoms with Crippen LogP contribution in [0.15, 0.2) is 10.7 Å². The van der Waals surface area contributed by atoms with E-state index in [9.17, 15) is 22.0 Å². The Morgan fingerprint density at radius 1 is 1.38 bits per heavy atom. The van der Waals surface area contributed by atoms with Crippen LogP contribution in [0.4, 0.5) is 22.0 Å². The minimum absolute atomic E-state index is 0.232. The Hall–Kier alpha value is -0.630. The summed E-state index contributed by atoms with van der Waals surface area (Å²) >= 11 is 8.06. The van der Waals surface area contributed by atoms with Crippen molar-refractivity contribution in [1.29, 1.82) is 0 Å². The molecule has 1 rings (SSSR count). The fraction of sp³-hybridized carbons (Fsp3) is 0.286. The number of pyridine rings is 1. The van der Waals surface area contributed by atoms with Crippen LogP contribution in [0.3, 0.4) is 0 Å². The molecule has 9 heteroatoms. The second kappa shape index (κ2) is 4.70. The molecule has 1 heterocycles. The summed E-state index contributed by atoms with van der Waals surface area (Å²) in [5.74, 6) is -1.22. The Morgan fingerprint density at radius 3 is 2.38 bits per heavy atom. The van der Waals surface area contributed by atoms with Gasteiger partial charge in [-0.2, -0.15) is 0 Å². The molecule has 0 amide bonds. The largest absolute Gasteiger partial charge is 0.574 e. The lowest BCUT2D eigenvalue weighted by Crippen LogP contribution is -2.19. The van der Waals surface area contributed by atoms with E-state index in [0.29, 0.717) is 0 Å². The van der Waals surface area contributed by atoms with Gasteiger partial charge in [-0.3, -0.25) is 0 Å². The molecule has 0 saturated carbocycles. The van der Waals surface area contributed by atoms with Gasteiger partial charge in [0.25, 0.3) is 6.43 Å². The molecule has 0 aliphatic carbocycles. The maximum atomic E-state index is 12.5. The SMILES string of the molecule is FC(F)c1c(OC(F)(F)F)ncc(Cl)c1Br. The maximum Gasteiger partial charge on any atom is 0.574 e. The molecule has 90 valence electrons. The van der Waals surface area contributed by atoms with E-state index in [1.165, 1.54) is 0 Å². The zero-order chi connectivity index (χ0) is 12.5. The third-order valence-corrected chi connectivity index (χ3v) is 2.77. The van der Waals surface area contributed by atoms with Gasteiger partial charge in [0.15, 0.2) is 0 Å². The van der Waals surface area contributed by atoms with Crippen LogP contribution in [0.5, 0.6) is 5.88 Å². The lowest BCUT2D eigenvalue weighted by Gasteiger charge is -2.13. The summed E-state index contributed by atoms with van der Waals surface area (Å²) in [5, 5.41) is -0.232. The third kappa shape index (κ3) is 3.18. The predicted molar refractivity (Wildman–Crippen MR) is 48.6 cm³/mol. The van der Waals surface area contributed by atoms with Crippen molar-refractivity contribution in [3.63, 3.8) is 0 Å². The fourth-order valence-electron chi connectivity index (χ4n) is 0.844. The van der Waals surface area contributed by atoms with Crippen LogP contribution in [0.2, 0.25) is 5.02 Å². The van der Waals surface area contributed by atoms with Gasteiger partial charge in [0.1, 0.15) is 0 Å². The Morgan fingerprint density at radius 2 is 1.94 bits per heavy atom. The summed E-state index contributed by atoms with van der Waals surface area (Å²) in [6, 6.07) is 0. The summed E-state index contributed by atoms with van der Waals surface area (Å²) in [7, 11) is 0. The molecule has 0 bridgehead atoms. The van der Waals surface area contributed by atoms with Crippen molar-refractivity contribution in [3.8, 4) is 5.88 Å². The van der Waals surface area contributed by atoms with Crippen LogP contribution >= 0.6 is 27.5 Å². The first-order valence-electron chi connectivity index (χ1n) is 3.60. The van der Waals surface area contributed by atoms with Gasteiger partial charge in [0.05, 0.1) is 21.3 Å². The number of rotatable bonds is 2. The van der Waals surface area contributed by atoms with Crippen molar-refractivity contribution in [3.05, 3.63) is 21.3 Å². The van der Waals surface area contributed by atoms with Crippen molar-refractivity contribution in [1.82, 2.24) is 4.98 Å². The van der Waals surface area contributed by atoms with E-state index in [1.54, 1.807) is 0 Å². The summed E-state index contributed by atoms with van der Waals surface area (Å²) in [6.07, 6.45) is -7.51. The van der Waals surface area contributed by atoms with Gasteiger partial charge < -0.3 is 4.74 Å². The molecule has 2 nitrogen and oxygen atoms in total. The first-order valence-corrected chi connectivity index (χ1v) is 4.77. The third-order valence-electron chi connectivity index (χ3n) is 1.40. The molecule has 0 aliphatic heterocycles. The van der Waals surface area contributed by atoms with E-state index in [1.807, 2.05) is 0 Å². The summed E-state index contributed by atoms with van der Waals surface area (Å²) in [5.41, 5.74) is -1.04. The zero-order valence-electron chi connectivity index (χ0n) is 7.16. The molecule has 0 N–H and O–H groups in total. The first kappa shape index (κ1) is 13.4. The summed E-state index contributed by atoms with van der Waals surface area (Å²) in [6.45, 7) is 0. The highest BCUT2D eigenvalue weighted by atomic mass is 79.9. The molecule has 1 aromatic heterocycles. The van der Waals surface area contributed by atoms with Gasteiger partial charge in [-0.05, 0) is 15.9 Å². The normalized spacial score (nSPS) is 12.0. The summed E-state index contributed by atoms with van der Waals surface area (Å²) in [4.78, 5) is 3.06. The standard InChI is InChI=1S/C7H2BrClF5NO/c8-4-2(9)1-15-6(3(4)5(10)11)16-7(12,13)14/h1,5H. The van der Waals surface area contributed by atoms with E-state index in [2.05, 4.69) is 25.7 Å². The lowest BCUT2D eigenvalue weighted by atomic mass is 10.3. The highest BCUT2D eigenvalue weighted by Crippen LogP contribution is 2.39.